The number of hydrogen-bond acceptors (Lipinski definition) is 4. The fourth-order valence-corrected chi connectivity index (χ4v) is 2.48. The van der Waals surface area contributed by atoms with Crippen molar-refractivity contribution >= 4 is 23.5 Å². The molecular formula is C18H18ClNO4. The van der Waals surface area contributed by atoms with E-state index in [4.69, 9.17) is 16.3 Å². The molecule has 0 saturated carbocycles. The third-order valence-corrected chi connectivity index (χ3v) is 3.90. The van der Waals surface area contributed by atoms with Crippen LogP contribution in [0.25, 0.3) is 0 Å². The van der Waals surface area contributed by atoms with Gasteiger partial charge in [0.1, 0.15) is 6.10 Å². The van der Waals surface area contributed by atoms with Gasteiger partial charge in [0.05, 0.1) is 12.7 Å². The fourth-order valence-electron chi connectivity index (χ4n) is 2.22. The summed E-state index contributed by atoms with van der Waals surface area (Å²) in [6.07, 6.45) is -0.350. The summed E-state index contributed by atoms with van der Waals surface area (Å²) >= 11 is 6.15. The molecule has 2 aromatic rings. The van der Waals surface area contributed by atoms with Gasteiger partial charge in [-0.1, -0.05) is 29.8 Å². The van der Waals surface area contributed by atoms with E-state index in [1.807, 2.05) is 18.2 Å². The Hall–Kier alpha value is -2.37. The molecule has 5 nitrogen and oxygen atoms in total. The third kappa shape index (κ3) is 4.34. The maximum absolute atomic E-state index is 12.2. The lowest BCUT2D eigenvalue weighted by Gasteiger charge is -2.17. The Bertz CT molecular complexity index is 715. The molecule has 0 aromatic heterocycles. The van der Waals surface area contributed by atoms with E-state index < -0.39 is 5.97 Å². The zero-order valence-electron chi connectivity index (χ0n) is 13.4. The lowest BCUT2D eigenvalue weighted by Crippen LogP contribution is -2.29. The summed E-state index contributed by atoms with van der Waals surface area (Å²) in [7, 11) is 2.87. The fraction of sp³-hybridized carbons (Fsp3) is 0.222. The maximum atomic E-state index is 12.2. The number of halogens is 1. The minimum atomic E-state index is -0.444. The normalized spacial score (nSPS) is 11.6. The van der Waals surface area contributed by atoms with Gasteiger partial charge in [0.25, 0.3) is 5.91 Å². The Kier molecular flexibility index (Phi) is 6.35. The van der Waals surface area contributed by atoms with Crippen molar-refractivity contribution in [1.82, 2.24) is 5.32 Å². The van der Waals surface area contributed by atoms with E-state index >= 15 is 0 Å². The molecule has 0 heterocycles. The van der Waals surface area contributed by atoms with Crippen LogP contribution in [0.15, 0.2) is 48.5 Å². The van der Waals surface area contributed by atoms with Crippen molar-refractivity contribution in [3.63, 3.8) is 0 Å². The molecule has 2 aromatic carbocycles. The summed E-state index contributed by atoms with van der Waals surface area (Å²) in [6, 6.07) is 13.5. The van der Waals surface area contributed by atoms with Gasteiger partial charge in [-0.15, -0.1) is 0 Å². The standard InChI is InChI=1S/C18H18ClNO4/c1-23-16(14-5-3-4-6-15(14)19)11-20-17(21)12-7-9-13(10-8-12)18(22)24-2/h3-10,16H,11H2,1-2H3,(H,20,21). The minimum Gasteiger partial charge on any atom is -0.465 e. The second kappa shape index (κ2) is 8.47. The first kappa shape index (κ1) is 18.0. The van der Waals surface area contributed by atoms with E-state index in [-0.39, 0.29) is 18.6 Å². The number of rotatable bonds is 6. The number of esters is 1. The van der Waals surface area contributed by atoms with Crippen LogP contribution >= 0.6 is 11.6 Å². The van der Waals surface area contributed by atoms with E-state index in [2.05, 4.69) is 10.1 Å². The van der Waals surface area contributed by atoms with Crippen molar-refractivity contribution in [2.45, 2.75) is 6.10 Å². The second-order valence-electron chi connectivity index (χ2n) is 5.02. The maximum Gasteiger partial charge on any atom is 0.337 e. The van der Waals surface area contributed by atoms with E-state index in [1.165, 1.54) is 7.11 Å². The molecule has 0 aliphatic carbocycles. The number of benzene rings is 2. The summed E-state index contributed by atoms with van der Waals surface area (Å²) in [5.41, 5.74) is 1.64. The van der Waals surface area contributed by atoms with E-state index in [0.717, 1.165) is 5.56 Å². The Morgan fingerprint density at radius 2 is 1.67 bits per heavy atom. The molecule has 0 bridgehead atoms. The number of methoxy groups -OCH3 is 2. The van der Waals surface area contributed by atoms with Gasteiger partial charge in [0.2, 0.25) is 0 Å². The van der Waals surface area contributed by atoms with Crippen molar-refractivity contribution in [3.8, 4) is 0 Å². The molecule has 1 N–H and O–H groups in total. The first-order valence-electron chi connectivity index (χ1n) is 7.30. The molecule has 0 fully saturated rings. The highest BCUT2D eigenvalue weighted by molar-refractivity contribution is 6.31. The second-order valence-corrected chi connectivity index (χ2v) is 5.43. The van der Waals surface area contributed by atoms with Gasteiger partial charge in [-0.2, -0.15) is 0 Å². The molecule has 24 heavy (non-hydrogen) atoms. The monoisotopic (exact) mass is 347 g/mol. The predicted octanol–water partition coefficient (Wildman–Crippen LogP) is 3.24. The van der Waals surface area contributed by atoms with Crippen LogP contribution < -0.4 is 5.32 Å². The van der Waals surface area contributed by atoms with Crippen LogP contribution in [-0.2, 0) is 9.47 Å². The Morgan fingerprint density at radius 1 is 1.04 bits per heavy atom. The average Bonchev–Trinajstić information content (AvgIpc) is 2.62. The summed E-state index contributed by atoms with van der Waals surface area (Å²) in [4.78, 5) is 23.6. The topological polar surface area (TPSA) is 64.6 Å². The molecule has 0 aliphatic rings. The molecule has 0 spiro atoms. The Morgan fingerprint density at radius 3 is 2.25 bits per heavy atom. The summed E-state index contributed by atoms with van der Waals surface area (Å²) in [6.45, 7) is 0.276. The number of ether oxygens (including phenoxy) is 2. The molecule has 2 rings (SSSR count). The van der Waals surface area contributed by atoms with Gasteiger partial charge in [-0.25, -0.2) is 4.79 Å². The number of amides is 1. The molecule has 0 radical (unpaired) electrons. The van der Waals surface area contributed by atoms with E-state index in [1.54, 1.807) is 37.4 Å². The highest BCUT2D eigenvalue weighted by Crippen LogP contribution is 2.24. The number of hydrogen-bond donors (Lipinski definition) is 1. The van der Waals surface area contributed by atoms with E-state index in [0.29, 0.717) is 16.1 Å². The van der Waals surface area contributed by atoms with Crippen molar-refractivity contribution in [1.29, 1.82) is 0 Å². The number of carbonyl (C=O) groups is 2. The number of nitrogens with one attached hydrogen (secondary N) is 1. The SMILES string of the molecule is COC(=O)c1ccc(C(=O)NCC(OC)c2ccccc2Cl)cc1. The minimum absolute atomic E-state index is 0.263. The molecule has 1 unspecified atom stereocenters. The number of carbonyl (C=O) groups excluding carboxylic acids is 2. The van der Waals surface area contributed by atoms with Crippen molar-refractivity contribution in [3.05, 3.63) is 70.2 Å². The lowest BCUT2D eigenvalue weighted by atomic mass is 10.1. The quantitative estimate of drug-likeness (QED) is 0.815. The summed E-state index contributed by atoms with van der Waals surface area (Å²) in [5, 5.41) is 3.38. The van der Waals surface area contributed by atoms with Crippen LogP contribution in [0.5, 0.6) is 0 Å². The van der Waals surface area contributed by atoms with Crippen molar-refractivity contribution in [2.75, 3.05) is 20.8 Å². The average molecular weight is 348 g/mol. The molecule has 1 atom stereocenters. The Labute approximate surface area is 145 Å². The van der Waals surface area contributed by atoms with Crippen LogP contribution in [0.4, 0.5) is 0 Å². The van der Waals surface area contributed by atoms with Gasteiger partial charge < -0.3 is 14.8 Å². The molecule has 6 heteroatoms. The highest BCUT2D eigenvalue weighted by atomic mass is 35.5. The van der Waals surface area contributed by atoms with Crippen LogP contribution in [-0.4, -0.2) is 32.6 Å². The van der Waals surface area contributed by atoms with Crippen molar-refractivity contribution < 1.29 is 19.1 Å². The van der Waals surface area contributed by atoms with Crippen LogP contribution in [0.3, 0.4) is 0 Å². The van der Waals surface area contributed by atoms with Gasteiger partial charge in [0.15, 0.2) is 0 Å². The van der Waals surface area contributed by atoms with Gasteiger partial charge in [0, 0.05) is 29.8 Å². The van der Waals surface area contributed by atoms with Gasteiger partial charge >= 0.3 is 5.97 Å². The lowest BCUT2D eigenvalue weighted by molar-refractivity contribution is 0.0600. The Balaban J connectivity index is 2.01. The molecule has 126 valence electrons. The van der Waals surface area contributed by atoms with Crippen molar-refractivity contribution in [2.24, 2.45) is 0 Å². The first-order chi connectivity index (χ1) is 11.6. The smallest absolute Gasteiger partial charge is 0.337 e. The van der Waals surface area contributed by atoms with Gasteiger partial charge in [-0.05, 0) is 30.3 Å². The van der Waals surface area contributed by atoms with Crippen LogP contribution in [0, 0.1) is 0 Å². The van der Waals surface area contributed by atoms with E-state index in [9.17, 15) is 9.59 Å². The van der Waals surface area contributed by atoms with Crippen LogP contribution in [0.2, 0.25) is 5.02 Å². The summed E-state index contributed by atoms with van der Waals surface area (Å²) in [5.74, 6) is -0.708. The molecule has 1 amide bonds. The van der Waals surface area contributed by atoms with Gasteiger partial charge in [-0.3, -0.25) is 4.79 Å². The largest absolute Gasteiger partial charge is 0.465 e. The zero-order chi connectivity index (χ0) is 17.5. The molecule has 0 saturated heterocycles. The highest BCUT2D eigenvalue weighted by Gasteiger charge is 2.16. The molecular weight excluding hydrogens is 330 g/mol. The first-order valence-corrected chi connectivity index (χ1v) is 7.68. The summed E-state index contributed by atoms with van der Waals surface area (Å²) < 4.78 is 10.0. The van der Waals surface area contributed by atoms with Crippen LogP contribution in [0.1, 0.15) is 32.4 Å². The third-order valence-electron chi connectivity index (χ3n) is 3.55. The predicted molar refractivity (Wildman–Crippen MR) is 91.3 cm³/mol. The molecule has 0 aliphatic heterocycles. The zero-order valence-corrected chi connectivity index (χ0v) is 14.2.